The molecule has 1 unspecified atom stereocenters. The second-order valence-corrected chi connectivity index (χ2v) is 5.29. The van der Waals surface area contributed by atoms with Crippen molar-refractivity contribution in [3.8, 4) is 17.0 Å². The molecule has 0 saturated carbocycles. The van der Waals surface area contributed by atoms with E-state index in [2.05, 4.69) is 8.75 Å². The number of hydrogen-bond acceptors (Lipinski definition) is 5. The Balaban J connectivity index is 2.11. The number of hydrogen-bond donors (Lipinski definition) is 1. The molecule has 2 heterocycles. The Hall–Kier alpha value is -1.37. The maximum absolute atomic E-state index is 11.0. The van der Waals surface area contributed by atoms with E-state index in [-0.39, 0.29) is 11.4 Å². The van der Waals surface area contributed by atoms with Crippen molar-refractivity contribution in [3.63, 3.8) is 0 Å². The van der Waals surface area contributed by atoms with Gasteiger partial charge in [0.2, 0.25) is 0 Å². The van der Waals surface area contributed by atoms with Gasteiger partial charge < -0.3 is 9.84 Å². The topological polar surface area (TPSA) is 72.3 Å². The van der Waals surface area contributed by atoms with Crippen molar-refractivity contribution in [2.75, 3.05) is 0 Å². The molecule has 0 fully saturated rings. The number of aliphatic carboxylic acids is 1. The van der Waals surface area contributed by atoms with Crippen molar-refractivity contribution in [1.82, 2.24) is 8.75 Å². The van der Waals surface area contributed by atoms with E-state index in [0.717, 1.165) is 11.7 Å². The lowest BCUT2D eigenvalue weighted by Crippen LogP contribution is -2.24. The first kappa shape index (κ1) is 12.7. The largest absolute Gasteiger partial charge is 0.478 e. The first-order valence-corrected chi connectivity index (χ1v) is 6.75. The number of ether oxygens (including phenoxy) is 1. The van der Waals surface area contributed by atoms with Crippen LogP contribution in [-0.2, 0) is 11.2 Å². The lowest BCUT2D eigenvalue weighted by atomic mass is 10.0. The number of carboxylic acids is 1. The molecule has 0 spiro atoms. The van der Waals surface area contributed by atoms with Crippen LogP contribution in [0.15, 0.2) is 12.3 Å². The Morgan fingerprint density at radius 3 is 2.89 bits per heavy atom. The van der Waals surface area contributed by atoms with E-state index < -0.39 is 12.1 Å². The van der Waals surface area contributed by atoms with Crippen LogP contribution in [0, 0.1) is 0 Å². The van der Waals surface area contributed by atoms with E-state index >= 15 is 0 Å². The lowest BCUT2D eigenvalue weighted by Gasteiger charge is -2.08. The van der Waals surface area contributed by atoms with Gasteiger partial charge in [0.1, 0.15) is 16.5 Å². The van der Waals surface area contributed by atoms with E-state index in [0.29, 0.717) is 27.6 Å². The third kappa shape index (κ3) is 2.05. The normalized spacial score (nSPS) is 17.1. The van der Waals surface area contributed by atoms with Gasteiger partial charge in [-0.3, -0.25) is 0 Å². The second-order valence-electron chi connectivity index (χ2n) is 3.98. The molecular formula is C11H6Cl2N2O3S. The minimum Gasteiger partial charge on any atom is -0.478 e. The van der Waals surface area contributed by atoms with Crippen molar-refractivity contribution in [3.05, 3.63) is 27.9 Å². The summed E-state index contributed by atoms with van der Waals surface area (Å²) in [6, 6.07) is 1.75. The molecular weight excluding hydrogens is 311 g/mol. The van der Waals surface area contributed by atoms with Gasteiger partial charge in [0, 0.05) is 17.5 Å². The summed E-state index contributed by atoms with van der Waals surface area (Å²) in [5.74, 6) is -0.689. The fraction of sp³-hybridized carbons (Fsp3) is 0.182. The van der Waals surface area contributed by atoms with Gasteiger partial charge in [-0.1, -0.05) is 23.2 Å². The molecule has 0 bridgehead atoms. The number of rotatable bonds is 2. The zero-order valence-electron chi connectivity index (χ0n) is 9.26. The van der Waals surface area contributed by atoms with Gasteiger partial charge in [-0.25, -0.2) is 4.79 Å². The van der Waals surface area contributed by atoms with Crippen molar-refractivity contribution in [1.29, 1.82) is 0 Å². The highest BCUT2D eigenvalue weighted by Crippen LogP contribution is 2.45. The van der Waals surface area contributed by atoms with Crippen molar-refractivity contribution in [2.45, 2.75) is 12.5 Å². The number of benzene rings is 1. The predicted molar refractivity (Wildman–Crippen MR) is 71.1 cm³/mol. The molecule has 1 aromatic heterocycles. The van der Waals surface area contributed by atoms with Crippen LogP contribution in [0.5, 0.6) is 5.75 Å². The number of halogens is 2. The van der Waals surface area contributed by atoms with Crippen molar-refractivity contribution in [2.24, 2.45) is 0 Å². The second kappa shape index (κ2) is 4.63. The third-order valence-corrected chi connectivity index (χ3v) is 4.14. The first-order valence-electron chi connectivity index (χ1n) is 5.26. The summed E-state index contributed by atoms with van der Waals surface area (Å²) < 4.78 is 13.3. The molecule has 19 heavy (non-hydrogen) atoms. The van der Waals surface area contributed by atoms with Crippen LogP contribution in [-0.4, -0.2) is 25.9 Å². The molecule has 8 heteroatoms. The summed E-state index contributed by atoms with van der Waals surface area (Å²) in [7, 11) is 0. The number of nitrogens with zero attached hydrogens (tertiary/aromatic N) is 2. The van der Waals surface area contributed by atoms with Crippen LogP contribution >= 0.6 is 34.9 Å². The zero-order valence-corrected chi connectivity index (χ0v) is 11.6. The van der Waals surface area contributed by atoms with E-state index in [9.17, 15) is 4.79 Å². The average Bonchev–Trinajstić information content (AvgIpc) is 3.02. The van der Waals surface area contributed by atoms with E-state index in [1.165, 1.54) is 0 Å². The summed E-state index contributed by atoms with van der Waals surface area (Å²) in [5.41, 5.74) is 1.96. The standard InChI is InChI=1S/C11H6Cl2N2O3S/c12-8-5(6-3-14-19-15-6)1-4-2-7(11(16)17)18-10(4)9(8)13/h1,3,7H,2H2,(H,16,17). The van der Waals surface area contributed by atoms with Gasteiger partial charge in [-0.05, 0) is 6.07 Å². The Morgan fingerprint density at radius 1 is 1.47 bits per heavy atom. The molecule has 0 aliphatic carbocycles. The number of carbonyl (C=O) groups is 1. The molecule has 0 radical (unpaired) electrons. The summed E-state index contributed by atoms with van der Waals surface area (Å²) in [5, 5.41) is 9.48. The van der Waals surface area contributed by atoms with Gasteiger partial charge in [-0.15, -0.1) is 0 Å². The van der Waals surface area contributed by atoms with E-state index in [1.807, 2.05) is 0 Å². The van der Waals surface area contributed by atoms with Gasteiger partial charge in [0.05, 0.1) is 22.9 Å². The first-order chi connectivity index (χ1) is 9.08. The Kier molecular flexibility index (Phi) is 3.08. The monoisotopic (exact) mass is 316 g/mol. The van der Waals surface area contributed by atoms with Crippen LogP contribution < -0.4 is 4.74 Å². The number of carboxylic acid groups (broad SMARTS) is 1. The molecule has 0 amide bonds. The SMILES string of the molecule is O=C(O)C1Cc2cc(-c3cnsn3)c(Cl)c(Cl)c2O1. The molecule has 2 aromatic rings. The Bertz CT molecular complexity index is 660. The minimum absolute atomic E-state index is 0.214. The van der Waals surface area contributed by atoms with Crippen LogP contribution in [0.2, 0.25) is 10.0 Å². The average molecular weight is 317 g/mol. The van der Waals surface area contributed by atoms with Crippen LogP contribution in [0.3, 0.4) is 0 Å². The Morgan fingerprint density at radius 2 is 2.26 bits per heavy atom. The molecule has 1 aliphatic heterocycles. The predicted octanol–water partition coefficient (Wildman–Crippen LogP) is 2.90. The lowest BCUT2D eigenvalue weighted by molar-refractivity contribution is -0.144. The molecule has 1 aromatic carbocycles. The van der Waals surface area contributed by atoms with Crippen molar-refractivity contribution < 1.29 is 14.6 Å². The summed E-state index contributed by atoms with van der Waals surface area (Å²) in [6.07, 6.45) is 0.915. The number of fused-ring (bicyclic) bond motifs is 1. The van der Waals surface area contributed by atoms with Gasteiger partial charge >= 0.3 is 5.97 Å². The fourth-order valence-corrected chi connectivity index (χ4v) is 2.86. The quantitative estimate of drug-likeness (QED) is 0.922. The maximum atomic E-state index is 11.0. The molecule has 5 nitrogen and oxygen atoms in total. The highest BCUT2D eigenvalue weighted by atomic mass is 35.5. The molecule has 1 aliphatic rings. The molecule has 1 N–H and O–H groups in total. The molecule has 0 saturated heterocycles. The van der Waals surface area contributed by atoms with E-state index in [1.54, 1.807) is 12.3 Å². The van der Waals surface area contributed by atoms with Crippen LogP contribution in [0.25, 0.3) is 11.3 Å². The summed E-state index contributed by atoms with van der Waals surface area (Å²) in [4.78, 5) is 11.0. The van der Waals surface area contributed by atoms with Gasteiger partial charge in [-0.2, -0.15) is 8.75 Å². The third-order valence-electron chi connectivity index (χ3n) is 2.82. The van der Waals surface area contributed by atoms with Gasteiger partial charge in [0.25, 0.3) is 0 Å². The minimum atomic E-state index is -1.03. The number of aromatic nitrogens is 2. The van der Waals surface area contributed by atoms with Crippen LogP contribution in [0.4, 0.5) is 0 Å². The highest BCUT2D eigenvalue weighted by molar-refractivity contribution is 6.99. The van der Waals surface area contributed by atoms with E-state index in [4.69, 9.17) is 33.0 Å². The van der Waals surface area contributed by atoms with Crippen molar-refractivity contribution >= 4 is 40.9 Å². The summed E-state index contributed by atoms with van der Waals surface area (Å²) in [6.45, 7) is 0. The molecule has 1 atom stereocenters. The van der Waals surface area contributed by atoms with Gasteiger partial charge in [0.15, 0.2) is 6.10 Å². The molecule has 3 rings (SSSR count). The molecule has 98 valence electrons. The highest BCUT2D eigenvalue weighted by Gasteiger charge is 2.32. The Labute approximate surface area is 122 Å². The maximum Gasteiger partial charge on any atom is 0.345 e. The smallest absolute Gasteiger partial charge is 0.345 e. The van der Waals surface area contributed by atoms with Crippen LogP contribution in [0.1, 0.15) is 5.56 Å². The summed E-state index contributed by atoms with van der Waals surface area (Å²) >= 11 is 13.4. The fourth-order valence-electron chi connectivity index (χ4n) is 1.93. The zero-order chi connectivity index (χ0) is 13.6.